The van der Waals surface area contributed by atoms with Crippen molar-refractivity contribution in [3.05, 3.63) is 53.1 Å². The molecule has 0 N–H and O–H groups in total. The van der Waals surface area contributed by atoms with Crippen molar-refractivity contribution in [2.75, 3.05) is 0 Å². The van der Waals surface area contributed by atoms with E-state index in [-0.39, 0.29) is 17.6 Å². The number of hydrogen-bond donors (Lipinski definition) is 0. The van der Waals surface area contributed by atoms with Crippen molar-refractivity contribution < 1.29 is 13.7 Å². The fourth-order valence-electron chi connectivity index (χ4n) is 3.37. The highest BCUT2D eigenvalue weighted by atomic mass is 16.5. The molecule has 6 heteroatoms. The van der Waals surface area contributed by atoms with Gasteiger partial charge < -0.3 is 8.94 Å². The molecule has 1 aliphatic rings. The molecule has 0 spiro atoms. The number of ketones is 1. The van der Waals surface area contributed by atoms with E-state index in [1.807, 2.05) is 13.0 Å². The Labute approximate surface area is 145 Å². The summed E-state index contributed by atoms with van der Waals surface area (Å²) < 4.78 is 10.5. The third-order valence-electron chi connectivity index (χ3n) is 4.67. The predicted octanol–water partition coefficient (Wildman–Crippen LogP) is 3.90. The molecule has 0 saturated heterocycles. The van der Waals surface area contributed by atoms with Crippen LogP contribution >= 0.6 is 0 Å². The summed E-state index contributed by atoms with van der Waals surface area (Å²) in [7, 11) is 0. The molecule has 1 atom stereocenters. The minimum absolute atomic E-state index is 0.0409. The molecule has 0 radical (unpaired) electrons. The first-order valence-corrected chi connectivity index (χ1v) is 8.55. The lowest BCUT2D eigenvalue weighted by Crippen LogP contribution is -2.05. The van der Waals surface area contributed by atoms with Crippen LogP contribution in [0.25, 0.3) is 11.4 Å². The average molecular weight is 337 g/mol. The van der Waals surface area contributed by atoms with E-state index >= 15 is 0 Å². The van der Waals surface area contributed by atoms with Gasteiger partial charge in [0.1, 0.15) is 5.76 Å². The van der Waals surface area contributed by atoms with Gasteiger partial charge in [-0.15, -0.1) is 0 Å². The Hall–Kier alpha value is -2.76. The summed E-state index contributed by atoms with van der Waals surface area (Å²) in [5, 5.41) is 4.03. The Kier molecular flexibility index (Phi) is 3.95. The molecule has 0 amide bonds. The predicted molar refractivity (Wildman–Crippen MR) is 90.4 cm³/mol. The number of nitrogens with zero attached hydrogens (tertiary/aromatic N) is 3. The second kappa shape index (κ2) is 6.27. The number of aryl methyl sites for hydroxylation is 3. The number of oxazole rings is 1. The Morgan fingerprint density at radius 3 is 2.96 bits per heavy atom. The van der Waals surface area contributed by atoms with Crippen molar-refractivity contribution in [1.29, 1.82) is 0 Å². The van der Waals surface area contributed by atoms with Crippen LogP contribution in [0, 0.1) is 6.92 Å². The third-order valence-corrected chi connectivity index (χ3v) is 4.67. The minimum Gasteiger partial charge on any atom is -0.439 e. The fourth-order valence-corrected chi connectivity index (χ4v) is 3.37. The van der Waals surface area contributed by atoms with Gasteiger partial charge in [0.15, 0.2) is 0 Å². The summed E-state index contributed by atoms with van der Waals surface area (Å²) in [5.74, 6) is 2.29. The molecular formula is C19H19N3O3. The normalized spacial score (nSPS) is 16.2. The van der Waals surface area contributed by atoms with Crippen molar-refractivity contribution in [3.8, 4) is 11.4 Å². The van der Waals surface area contributed by atoms with Crippen LogP contribution in [0.5, 0.6) is 0 Å². The van der Waals surface area contributed by atoms with Crippen LogP contribution in [0.15, 0.2) is 33.3 Å². The van der Waals surface area contributed by atoms with Crippen molar-refractivity contribution in [3.63, 3.8) is 0 Å². The summed E-state index contributed by atoms with van der Waals surface area (Å²) in [6, 6.07) is 6.19. The molecule has 1 aromatic carbocycles. The summed E-state index contributed by atoms with van der Waals surface area (Å²) >= 11 is 0. The van der Waals surface area contributed by atoms with E-state index in [2.05, 4.69) is 27.3 Å². The first-order chi connectivity index (χ1) is 12.1. The maximum Gasteiger partial charge on any atom is 0.263 e. The van der Waals surface area contributed by atoms with Crippen LogP contribution in [0.3, 0.4) is 0 Å². The topological polar surface area (TPSA) is 82.0 Å². The first kappa shape index (κ1) is 15.7. The van der Waals surface area contributed by atoms with Crippen LogP contribution < -0.4 is 0 Å². The van der Waals surface area contributed by atoms with Gasteiger partial charge in [-0.2, -0.15) is 4.98 Å². The summed E-state index contributed by atoms with van der Waals surface area (Å²) in [5.41, 5.74) is 3.43. The zero-order valence-corrected chi connectivity index (χ0v) is 14.3. The molecule has 3 aromatic rings. The highest BCUT2D eigenvalue weighted by Crippen LogP contribution is 2.38. The highest BCUT2D eigenvalue weighted by molar-refractivity contribution is 5.92. The average Bonchev–Trinajstić information content (AvgIpc) is 3.34. The van der Waals surface area contributed by atoms with Gasteiger partial charge in [0.05, 0.1) is 6.20 Å². The van der Waals surface area contributed by atoms with Crippen LogP contribution in [0.2, 0.25) is 0 Å². The molecule has 0 bridgehead atoms. The lowest BCUT2D eigenvalue weighted by molar-refractivity contribution is 0.0938. The molecule has 6 nitrogen and oxygen atoms in total. The van der Waals surface area contributed by atoms with Gasteiger partial charge in [0.25, 0.3) is 5.89 Å². The number of rotatable bonds is 5. The quantitative estimate of drug-likeness (QED) is 0.657. The van der Waals surface area contributed by atoms with Crippen LogP contribution in [0.4, 0.5) is 0 Å². The Morgan fingerprint density at radius 1 is 1.36 bits per heavy atom. The SMILES string of the molecule is CCc1nc(-c2ccc3c(c2)CC[C@H]3CC(=O)c2ncc(C)o2)no1. The van der Waals surface area contributed by atoms with Crippen molar-refractivity contribution in [2.24, 2.45) is 0 Å². The largest absolute Gasteiger partial charge is 0.439 e. The fraction of sp³-hybridized carbons (Fsp3) is 0.368. The molecule has 2 aromatic heterocycles. The second-order valence-corrected chi connectivity index (χ2v) is 6.42. The lowest BCUT2D eigenvalue weighted by Gasteiger charge is -2.09. The van der Waals surface area contributed by atoms with Crippen LogP contribution in [-0.2, 0) is 12.8 Å². The van der Waals surface area contributed by atoms with Gasteiger partial charge in [0.2, 0.25) is 17.5 Å². The Bertz CT molecular complexity index is 926. The minimum atomic E-state index is -0.0409. The van der Waals surface area contributed by atoms with Gasteiger partial charge in [0, 0.05) is 18.4 Å². The molecule has 0 fully saturated rings. The summed E-state index contributed by atoms with van der Waals surface area (Å²) in [6.45, 7) is 3.77. The molecule has 128 valence electrons. The molecule has 25 heavy (non-hydrogen) atoms. The van der Waals surface area contributed by atoms with Crippen LogP contribution in [-0.4, -0.2) is 20.9 Å². The van der Waals surface area contributed by atoms with E-state index in [1.165, 1.54) is 11.1 Å². The molecule has 4 rings (SSSR count). The second-order valence-electron chi connectivity index (χ2n) is 6.42. The molecular weight excluding hydrogens is 318 g/mol. The maximum absolute atomic E-state index is 12.4. The monoisotopic (exact) mass is 337 g/mol. The van der Waals surface area contributed by atoms with E-state index in [9.17, 15) is 4.79 Å². The number of fused-ring (bicyclic) bond motifs is 1. The van der Waals surface area contributed by atoms with E-state index < -0.39 is 0 Å². The number of aromatic nitrogens is 3. The smallest absolute Gasteiger partial charge is 0.263 e. The summed E-state index contributed by atoms with van der Waals surface area (Å²) in [6.07, 6.45) is 4.63. The van der Waals surface area contributed by atoms with Crippen molar-refractivity contribution in [2.45, 2.75) is 45.4 Å². The molecule has 0 saturated carbocycles. The van der Waals surface area contributed by atoms with Gasteiger partial charge in [-0.25, -0.2) is 4.98 Å². The zero-order valence-electron chi connectivity index (χ0n) is 14.3. The Morgan fingerprint density at radius 2 is 2.24 bits per heavy atom. The van der Waals surface area contributed by atoms with Gasteiger partial charge >= 0.3 is 0 Å². The summed E-state index contributed by atoms with van der Waals surface area (Å²) in [4.78, 5) is 20.8. The maximum atomic E-state index is 12.4. The molecule has 0 aliphatic heterocycles. The number of benzene rings is 1. The number of carbonyl (C=O) groups excluding carboxylic acids is 1. The van der Waals surface area contributed by atoms with E-state index in [0.717, 1.165) is 24.8 Å². The van der Waals surface area contributed by atoms with Gasteiger partial charge in [-0.1, -0.05) is 24.2 Å². The zero-order chi connectivity index (χ0) is 17.4. The van der Waals surface area contributed by atoms with Crippen molar-refractivity contribution in [1.82, 2.24) is 15.1 Å². The molecule has 0 unspecified atom stereocenters. The highest BCUT2D eigenvalue weighted by Gasteiger charge is 2.27. The number of hydrogen-bond acceptors (Lipinski definition) is 6. The standard InChI is InChI=1S/C19H19N3O3/c1-3-17-21-18(22-25-17)14-6-7-15-12(8-14)4-5-13(15)9-16(23)19-20-10-11(2)24-19/h6-8,10,13H,3-5,9H2,1-2H3/t13-/m0/s1. The number of Topliss-reactive ketones (excluding diaryl/α,β-unsaturated/α-hetero) is 1. The third kappa shape index (κ3) is 2.99. The van der Waals surface area contributed by atoms with Gasteiger partial charge in [-0.3, -0.25) is 4.79 Å². The van der Waals surface area contributed by atoms with Gasteiger partial charge in [-0.05, 0) is 42.9 Å². The Balaban J connectivity index is 1.54. The van der Waals surface area contributed by atoms with E-state index in [0.29, 0.717) is 23.9 Å². The first-order valence-electron chi connectivity index (χ1n) is 8.55. The molecule has 2 heterocycles. The van der Waals surface area contributed by atoms with Crippen molar-refractivity contribution >= 4 is 5.78 Å². The van der Waals surface area contributed by atoms with Crippen LogP contribution in [0.1, 0.15) is 59.1 Å². The molecule has 1 aliphatic carbocycles. The number of carbonyl (C=O) groups is 1. The van der Waals surface area contributed by atoms with E-state index in [1.54, 1.807) is 13.1 Å². The van der Waals surface area contributed by atoms with E-state index in [4.69, 9.17) is 8.94 Å². The lowest BCUT2D eigenvalue weighted by atomic mass is 9.94.